The van der Waals surface area contributed by atoms with Gasteiger partial charge >= 0.3 is 8.03 Å². The van der Waals surface area contributed by atoms with Crippen molar-refractivity contribution in [1.82, 2.24) is 0 Å². The monoisotopic (exact) mass is 121 g/mol. The lowest BCUT2D eigenvalue weighted by Gasteiger charge is -1.83. The maximum atomic E-state index is 10.1. The van der Waals surface area contributed by atoms with E-state index in [9.17, 15) is 4.57 Å². The highest BCUT2D eigenvalue weighted by molar-refractivity contribution is 7.38. The zero-order valence-corrected chi connectivity index (χ0v) is 5.48. The molecule has 0 fully saturated rings. The summed E-state index contributed by atoms with van der Waals surface area (Å²) in [6.45, 7) is 3.66. The Morgan fingerprint density at radius 2 is 2.29 bits per heavy atom. The maximum Gasteiger partial charge on any atom is 0.508 e. The molecule has 0 amide bonds. The highest BCUT2D eigenvalue weighted by Gasteiger charge is 2.19. The second-order valence-electron chi connectivity index (χ2n) is 1.56. The summed E-state index contributed by atoms with van der Waals surface area (Å²) in [6.07, 6.45) is 0.783. The van der Waals surface area contributed by atoms with E-state index in [1.54, 1.807) is 6.92 Å². The Labute approximate surface area is 44.4 Å². The van der Waals surface area contributed by atoms with Crippen LogP contribution < -0.4 is 0 Å². The zero-order valence-electron chi connectivity index (χ0n) is 4.59. The normalized spacial score (nSPS) is 16.1. The molecular formula is C4H10O2P+. The van der Waals surface area contributed by atoms with E-state index in [0.29, 0.717) is 0 Å². The van der Waals surface area contributed by atoms with Gasteiger partial charge in [-0.15, -0.1) is 0 Å². The minimum absolute atomic E-state index is 0.0324. The van der Waals surface area contributed by atoms with Gasteiger partial charge in [0, 0.05) is 0 Å². The van der Waals surface area contributed by atoms with Crippen LogP contribution in [0.5, 0.6) is 0 Å². The van der Waals surface area contributed by atoms with Gasteiger partial charge in [-0.2, -0.15) is 4.89 Å². The molecule has 1 N–H and O–H groups in total. The molecule has 3 heteroatoms. The molecule has 42 valence electrons. The molecule has 0 aliphatic heterocycles. The van der Waals surface area contributed by atoms with Gasteiger partial charge in [0.05, 0.1) is 0 Å². The highest BCUT2D eigenvalue weighted by Crippen LogP contribution is 2.23. The Hall–Kier alpha value is 0.0600. The van der Waals surface area contributed by atoms with Crippen LogP contribution in [0.15, 0.2) is 0 Å². The molecule has 7 heavy (non-hydrogen) atoms. The molecule has 0 saturated heterocycles. The Morgan fingerprint density at radius 3 is 2.29 bits per heavy atom. The highest BCUT2D eigenvalue weighted by atomic mass is 31.1. The second-order valence-corrected chi connectivity index (χ2v) is 3.05. The average molecular weight is 121 g/mol. The molecule has 0 radical (unpaired) electrons. The number of hydrogen-bond donors (Lipinski definition) is 1. The van der Waals surface area contributed by atoms with E-state index in [1.165, 1.54) is 0 Å². The van der Waals surface area contributed by atoms with Gasteiger partial charge in [0.25, 0.3) is 0 Å². The summed E-state index contributed by atoms with van der Waals surface area (Å²) >= 11 is 0. The van der Waals surface area contributed by atoms with Gasteiger partial charge in [-0.3, -0.25) is 0 Å². The van der Waals surface area contributed by atoms with Gasteiger partial charge < -0.3 is 0 Å². The Kier molecular flexibility index (Phi) is 3.14. The van der Waals surface area contributed by atoms with Gasteiger partial charge in [-0.05, 0) is 17.9 Å². The van der Waals surface area contributed by atoms with Crippen LogP contribution in [0.25, 0.3) is 0 Å². The van der Waals surface area contributed by atoms with Crippen LogP contribution in [0, 0.1) is 0 Å². The molecule has 0 aliphatic carbocycles. The minimum atomic E-state index is -1.91. The standard InChI is InChI=1S/C4H9O2P/c1-3-4(2)7(5)6/h4H,3H2,1-2H3/p+1. The largest absolute Gasteiger partial charge is 0.508 e. The van der Waals surface area contributed by atoms with Crippen molar-refractivity contribution < 1.29 is 9.46 Å². The lowest BCUT2D eigenvalue weighted by molar-refractivity contribution is 0.490. The summed E-state index contributed by atoms with van der Waals surface area (Å²) in [5.41, 5.74) is -0.0324. The molecule has 2 nitrogen and oxygen atoms in total. The first kappa shape index (κ1) is 7.06. The number of rotatable bonds is 2. The molecule has 0 heterocycles. The van der Waals surface area contributed by atoms with Crippen LogP contribution >= 0.6 is 8.03 Å². The van der Waals surface area contributed by atoms with Crippen molar-refractivity contribution in [3.8, 4) is 0 Å². The maximum absolute atomic E-state index is 10.1. The van der Waals surface area contributed by atoms with Crippen molar-refractivity contribution in [2.24, 2.45) is 0 Å². The molecule has 0 aromatic rings. The minimum Gasteiger partial charge on any atom is -0.161 e. The van der Waals surface area contributed by atoms with Crippen LogP contribution in [-0.2, 0) is 4.57 Å². The fourth-order valence-electron chi connectivity index (χ4n) is 0.156. The van der Waals surface area contributed by atoms with E-state index in [1.807, 2.05) is 6.92 Å². The van der Waals surface area contributed by atoms with Crippen LogP contribution in [0.2, 0.25) is 0 Å². The summed E-state index contributed by atoms with van der Waals surface area (Å²) in [5, 5.41) is 0. The van der Waals surface area contributed by atoms with E-state index >= 15 is 0 Å². The van der Waals surface area contributed by atoms with Crippen molar-refractivity contribution in [2.75, 3.05) is 0 Å². The predicted octanol–water partition coefficient (Wildman–Crippen LogP) is 1.52. The van der Waals surface area contributed by atoms with Crippen molar-refractivity contribution in [3.63, 3.8) is 0 Å². The third kappa shape index (κ3) is 2.72. The van der Waals surface area contributed by atoms with E-state index in [2.05, 4.69) is 0 Å². The van der Waals surface area contributed by atoms with E-state index in [4.69, 9.17) is 4.89 Å². The Morgan fingerprint density at radius 1 is 1.86 bits per heavy atom. The molecule has 0 rings (SSSR count). The lowest BCUT2D eigenvalue weighted by atomic mass is 10.4. The molecule has 0 bridgehead atoms. The first-order chi connectivity index (χ1) is 3.18. The molecule has 0 spiro atoms. The topological polar surface area (TPSA) is 37.3 Å². The summed E-state index contributed by atoms with van der Waals surface area (Å²) < 4.78 is 10.1. The van der Waals surface area contributed by atoms with Crippen molar-refractivity contribution in [1.29, 1.82) is 0 Å². The second kappa shape index (κ2) is 3.11. The van der Waals surface area contributed by atoms with Crippen LogP contribution in [0.1, 0.15) is 20.3 Å². The van der Waals surface area contributed by atoms with E-state index in [-0.39, 0.29) is 5.66 Å². The SMILES string of the molecule is CCC(C)[P+](=O)O. The fraction of sp³-hybridized carbons (Fsp3) is 1.00. The van der Waals surface area contributed by atoms with Gasteiger partial charge in [0.1, 0.15) is 0 Å². The summed E-state index contributed by atoms with van der Waals surface area (Å²) in [6, 6.07) is 0. The lowest BCUT2D eigenvalue weighted by Crippen LogP contribution is -1.89. The summed E-state index contributed by atoms with van der Waals surface area (Å²) in [4.78, 5) is 8.33. The third-order valence-electron chi connectivity index (χ3n) is 0.968. The van der Waals surface area contributed by atoms with Gasteiger partial charge in [-0.1, -0.05) is 6.92 Å². The smallest absolute Gasteiger partial charge is 0.161 e. The average Bonchev–Trinajstić information content (AvgIpc) is 1.65. The third-order valence-corrected chi connectivity index (χ3v) is 2.09. The van der Waals surface area contributed by atoms with Crippen LogP contribution in [0.3, 0.4) is 0 Å². The van der Waals surface area contributed by atoms with Crippen molar-refractivity contribution >= 4 is 8.03 Å². The zero-order chi connectivity index (χ0) is 5.86. The molecule has 0 aromatic heterocycles. The molecule has 2 unspecified atom stereocenters. The van der Waals surface area contributed by atoms with E-state index < -0.39 is 8.03 Å². The van der Waals surface area contributed by atoms with E-state index in [0.717, 1.165) is 6.42 Å². The quantitative estimate of drug-likeness (QED) is 0.562. The van der Waals surface area contributed by atoms with Crippen molar-refractivity contribution in [2.45, 2.75) is 25.9 Å². The molecular weight excluding hydrogens is 111 g/mol. The van der Waals surface area contributed by atoms with Gasteiger partial charge in [0.2, 0.25) is 0 Å². The van der Waals surface area contributed by atoms with Gasteiger partial charge in [0.15, 0.2) is 5.66 Å². The number of hydrogen-bond acceptors (Lipinski definition) is 1. The summed E-state index contributed by atoms with van der Waals surface area (Å²) in [5.74, 6) is 0. The molecule has 2 atom stereocenters. The summed E-state index contributed by atoms with van der Waals surface area (Å²) in [7, 11) is -1.91. The van der Waals surface area contributed by atoms with Gasteiger partial charge in [-0.25, -0.2) is 0 Å². The predicted molar refractivity (Wildman–Crippen MR) is 29.6 cm³/mol. The molecule has 0 saturated carbocycles. The van der Waals surface area contributed by atoms with Crippen molar-refractivity contribution in [3.05, 3.63) is 0 Å². The Bertz CT molecular complexity index is 72.1. The Balaban J connectivity index is 3.34. The first-order valence-electron chi connectivity index (χ1n) is 2.33. The molecule has 0 aliphatic rings. The van der Waals surface area contributed by atoms with Crippen LogP contribution in [-0.4, -0.2) is 10.6 Å². The fourth-order valence-corrected chi connectivity index (χ4v) is 0.469. The molecule has 0 aromatic carbocycles. The van der Waals surface area contributed by atoms with Crippen LogP contribution in [0.4, 0.5) is 0 Å². The first-order valence-corrected chi connectivity index (χ1v) is 3.62.